The molecule has 0 saturated carbocycles. The predicted molar refractivity (Wildman–Crippen MR) is 86.1 cm³/mol. The average Bonchev–Trinajstić information content (AvgIpc) is 2.57. The van der Waals surface area contributed by atoms with Gasteiger partial charge >= 0.3 is 0 Å². The standard InChI is InChI=1S/C17H14FN3O2/c1-20(12-6-4-3-5-7-12)17(23)15-16(22)13-10-11(18)8-9-14(13)21(2)19-15/h3-10H,1-2H3. The minimum atomic E-state index is -0.578. The van der Waals surface area contributed by atoms with Crippen molar-refractivity contribution in [3.8, 4) is 0 Å². The van der Waals surface area contributed by atoms with Gasteiger partial charge in [-0.3, -0.25) is 14.3 Å². The van der Waals surface area contributed by atoms with Crippen LogP contribution in [-0.4, -0.2) is 22.7 Å². The molecule has 116 valence electrons. The summed E-state index contributed by atoms with van der Waals surface area (Å²) in [6, 6.07) is 12.8. The lowest BCUT2D eigenvalue weighted by Gasteiger charge is -2.17. The molecule has 0 bridgehead atoms. The van der Waals surface area contributed by atoms with Crippen LogP contribution >= 0.6 is 0 Å². The van der Waals surface area contributed by atoms with Gasteiger partial charge in [0.2, 0.25) is 5.43 Å². The Labute approximate surface area is 131 Å². The first-order chi connectivity index (χ1) is 11.0. The Kier molecular flexibility index (Phi) is 3.65. The van der Waals surface area contributed by atoms with Crippen LogP contribution in [0.2, 0.25) is 0 Å². The van der Waals surface area contributed by atoms with Crippen LogP contribution in [0.25, 0.3) is 10.9 Å². The van der Waals surface area contributed by atoms with E-state index in [1.54, 1.807) is 38.4 Å². The summed E-state index contributed by atoms with van der Waals surface area (Å²) in [6.45, 7) is 0. The Hall–Kier alpha value is -3.02. The second-order valence-electron chi connectivity index (χ2n) is 5.16. The van der Waals surface area contributed by atoms with E-state index in [9.17, 15) is 14.0 Å². The lowest BCUT2D eigenvalue weighted by Crippen LogP contribution is -2.33. The molecule has 0 spiro atoms. The lowest BCUT2D eigenvalue weighted by atomic mass is 10.2. The van der Waals surface area contributed by atoms with Crippen molar-refractivity contribution in [1.82, 2.24) is 9.78 Å². The molecule has 0 aliphatic rings. The van der Waals surface area contributed by atoms with Crippen molar-refractivity contribution in [3.63, 3.8) is 0 Å². The van der Waals surface area contributed by atoms with Gasteiger partial charge in [0.05, 0.1) is 10.9 Å². The SMILES string of the molecule is CN(C(=O)c1nn(C)c2ccc(F)cc2c1=O)c1ccccc1. The predicted octanol–water partition coefficient (Wildman–Crippen LogP) is 2.35. The molecule has 23 heavy (non-hydrogen) atoms. The normalized spacial score (nSPS) is 10.7. The van der Waals surface area contributed by atoms with E-state index in [1.807, 2.05) is 6.07 Å². The van der Waals surface area contributed by atoms with Gasteiger partial charge in [0, 0.05) is 19.8 Å². The van der Waals surface area contributed by atoms with E-state index < -0.39 is 17.2 Å². The molecule has 0 radical (unpaired) electrons. The zero-order valence-electron chi connectivity index (χ0n) is 12.7. The van der Waals surface area contributed by atoms with E-state index in [-0.39, 0.29) is 11.1 Å². The van der Waals surface area contributed by atoms with E-state index >= 15 is 0 Å². The van der Waals surface area contributed by atoms with Crippen molar-refractivity contribution < 1.29 is 9.18 Å². The second kappa shape index (κ2) is 5.64. The minimum absolute atomic E-state index is 0.132. The third-order valence-electron chi connectivity index (χ3n) is 3.67. The van der Waals surface area contributed by atoms with Gasteiger partial charge < -0.3 is 4.90 Å². The van der Waals surface area contributed by atoms with Crippen LogP contribution in [-0.2, 0) is 7.05 Å². The highest BCUT2D eigenvalue weighted by Crippen LogP contribution is 2.15. The summed E-state index contributed by atoms with van der Waals surface area (Å²) >= 11 is 0. The van der Waals surface area contributed by atoms with Gasteiger partial charge in [-0.1, -0.05) is 18.2 Å². The first-order valence-electron chi connectivity index (χ1n) is 6.98. The molecular weight excluding hydrogens is 297 g/mol. The number of carbonyl (C=O) groups excluding carboxylic acids is 1. The maximum atomic E-state index is 13.4. The number of halogens is 1. The molecule has 3 aromatic rings. The molecule has 0 unspecified atom stereocenters. The highest BCUT2D eigenvalue weighted by Gasteiger charge is 2.21. The number of nitrogens with zero attached hydrogens (tertiary/aromatic N) is 3. The van der Waals surface area contributed by atoms with Crippen molar-refractivity contribution in [2.45, 2.75) is 0 Å². The molecule has 1 heterocycles. The lowest BCUT2D eigenvalue weighted by molar-refractivity contribution is 0.0985. The van der Waals surface area contributed by atoms with Crippen molar-refractivity contribution >= 4 is 22.5 Å². The number of carbonyl (C=O) groups is 1. The maximum Gasteiger partial charge on any atom is 0.282 e. The highest BCUT2D eigenvalue weighted by atomic mass is 19.1. The number of hydrogen-bond donors (Lipinski definition) is 0. The zero-order chi connectivity index (χ0) is 16.6. The molecule has 0 fully saturated rings. The largest absolute Gasteiger partial charge is 0.310 e. The Bertz CT molecular complexity index is 951. The number of hydrogen-bond acceptors (Lipinski definition) is 3. The zero-order valence-corrected chi connectivity index (χ0v) is 12.7. The summed E-state index contributed by atoms with van der Waals surface area (Å²) in [7, 11) is 3.17. The van der Waals surface area contributed by atoms with Crippen molar-refractivity contribution in [2.75, 3.05) is 11.9 Å². The van der Waals surface area contributed by atoms with Crippen LogP contribution in [0.1, 0.15) is 10.5 Å². The number of benzene rings is 2. The number of rotatable bonds is 2. The number of anilines is 1. The van der Waals surface area contributed by atoms with Crippen molar-refractivity contribution in [1.29, 1.82) is 0 Å². The second-order valence-corrected chi connectivity index (χ2v) is 5.16. The van der Waals surface area contributed by atoms with Gasteiger partial charge in [-0.25, -0.2) is 4.39 Å². The van der Waals surface area contributed by atoms with Gasteiger partial charge in [-0.2, -0.15) is 5.10 Å². The molecular formula is C17H14FN3O2. The summed E-state index contributed by atoms with van der Waals surface area (Å²) in [5.74, 6) is -1.07. The van der Waals surface area contributed by atoms with Crippen LogP contribution in [0.4, 0.5) is 10.1 Å². The van der Waals surface area contributed by atoms with E-state index in [2.05, 4.69) is 5.10 Å². The average molecular weight is 311 g/mol. The molecule has 2 aromatic carbocycles. The Morgan fingerprint density at radius 2 is 1.87 bits per heavy atom. The summed E-state index contributed by atoms with van der Waals surface area (Å²) in [4.78, 5) is 26.5. The molecule has 3 rings (SSSR count). The number of amides is 1. The maximum absolute atomic E-state index is 13.4. The van der Waals surface area contributed by atoms with E-state index in [4.69, 9.17) is 0 Å². The number of fused-ring (bicyclic) bond motifs is 1. The van der Waals surface area contributed by atoms with Crippen molar-refractivity contribution in [2.24, 2.45) is 7.05 Å². The Morgan fingerprint density at radius 1 is 1.17 bits per heavy atom. The van der Waals surface area contributed by atoms with Gasteiger partial charge in [0.1, 0.15) is 5.82 Å². The van der Waals surface area contributed by atoms with Crippen LogP contribution in [0.15, 0.2) is 53.3 Å². The minimum Gasteiger partial charge on any atom is -0.310 e. The third kappa shape index (κ3) is 2.59. The molecule has 5 nitrogen and oxygen atoms in total. The monoisotopic (exact) mass is 311 g/mol. The Balaban J connectivity index is 2.15. The molecule has 1 aromatic heterocycles. The number of aryl methyl sites for hydroxylation is 1. The number of aromatic nitrogens is 2. The summed E-state index contributed by atoms with van der Waals surface area (Å²) < 4.78 is 14.8. The molecule has 6 heteroatoms. The topological polar surface area (TPSA) is 55.2 Å². The van der Waals surface area contributed by atoms with E-state index in [0.29, 0.717) is 11.2 Å². The number of para-hydroxylation sites is 1. The summed E-state index contributed by atoms with van der Waals surface area (Å²) in [5, 5.41) is 4.20. The van der Waals surface area contributed by atoms with Crippen LogP contribution in [0.3, 0.4) is 0 Å². The van der Waals surface area contributed by atoms with E-state index in [1.165, 1.54) is 21.7 Å². The highest BCUT2D eigenvalue weighted by molar-refractivity contribution is 6.05. The van der Waals surface area contributed by atoms with Gasteiger partial charge in [0.15, 0.2) is 5.69 Å². The fourth-order valence-corrected chi connectivity index (χ4v) is 2.42. The van der Waals surface area contributed by atoms with Crippen LogP contribution < -0.4 is 10.3 Å². The third-order valence-corrected chi connectivity index (χ3v) is 3.67. The molecule has 0 aliphatic carbocycles. The summed E-state index contributed by atoms with van der Waals surface area (Å²) in [6.07, 6.45) is 0. The van der Waals surface area contributed by atoms with Crippen LogP contribution in [0.5, 0.6) is 0 Å². The first-order valence-corrected chi connectivity index (χ1v) is 6.98. The molecule has 0 atom stereocenters. The first kappa shape index (κ1) is 14.9. The fourth-order valence-electron chi connectivity index (χ4n) is 2.42. The van der Waals surface area contributed by atoms with Gasteiger partial charge in [-0.05, 0) is 30.3 Å². The molecule has 0 N–H and O–H groups in total. The fraction of sp³-hybridized carbons (Fsp3) is 0.118. The molecule has 0 aliphatic heterocycles. The Morgan fingerprint density at radius 3 is 2.57 bits per heavy atom. The van der Waals surface area contributed by atoms with Gasteiger partial charge in [-0.15, -0.1) is 0 Å². The molecule has 1 amide bonds. The van der Waals surface area contributed by atoms with Crippen LogP contribution in [0, 0.1) is 5.82 Å². The van der Waals surface area contributed by atoms with Gasteiger partial charge in [0.25, 0.3) is 5.91 Å². The van der Waals surface area contributed by atoms with Crippen molar-refractivity contribution in [3.05, 3.63) is 70.3 Å². The van der Waals surface area contributed by atoms with E-state index in [0.717, 1.165) is 6.07 Å². The summed E-state index contributed by atoms with van der Waals surface area (Å²) in [5.41, 5.74) is 0.290. The quantitative estimate of drug-likeness (QED) is 0.730. The molecule has 0 saturated heterocycles. The smallest absolute Gasteiger partial charge is 0.282 e.